The van der Waals surface area contributed by atoms with Crippen LogP contribution in [0.1, 0.15) is 57.4 Å². The quantitative estimate of drug-likeness (QED) is 0.681. The van der Waals surface area contributed by atoms with Gasteiger partial charge in [0.15, 0.2) is 0 Å². The van der Waals surface area contributed by atoms with Gasteiger partial charge < -0.3 is 10.4 Å². The minimum absolute atomic E-state index is 0.103. The van der Waals surface area contributed by atoms with E-state index in [4.69, 9.17) is 0 Å². The molecule has 3 nitrogen and oxygen atoms in total. The number of benzene rings is 1. The number of hydrogen-bond acceptors (Lipinski definition) is 2. The van der Waals surface area contributed by atoms with E-state index in [1.54, 1.807) is 0 Å². The molecule has 0 saturated heterocycles. The molecule has 1 amide bonds. The molecule has 0 heterocycles. The summed E-state index contributed by atoms with van der Waals surface area (Å²) < 4.78 is 0. The van der Waals surface area contributed by atoms with Crippen LogP contribution < -0.4 is 5.32 Å². The molecule has 1 aromatic carbocycles. The van der Waals surface area contributed by atoms with Gasteiger partial charge in [0.1, 0.15) is 0 Å². The second-order valence-electron chi connectivity index (χ2n) is 5.27. The SMILES string of the molecule is CC[C@@H](O)CCCNC(=O)C[C@@H](CC)c1ccccc1. The highest BCUT2D eigenvalue weighted by molar-refractivity contribution is 5.76. The van der Waals surface area contributed by atoms with Crippen LogP contribution in [-0.2, 0) is 4.79 Å². The first-order chi connectivity index (χ1) is 9.67. The Labute approximate surface area is 122 Å². The summed E-state index contributed by atoms with van der Waals surface area (Å²) in [5.41, 5.74) is 1.23. The van der Waals surface area contributed by atoms with Gasteiger partial charge in [-0.25, -0.2) is 0 Å². The summed E-state index contributed by atoms with van der Waals surface area (Å²) in [6, 6.07) is 10.2. The summed E-state index contributed by atoms with van der Waals surface area (Å²) in [5.74, 6) is 0.393. The molecule has 0 aliphatic carbocycles. The lowest BCUT2D eigenvalue weighted by Crippen LogP contribution is -2.26. The Morgan fingerprint density at radius 3 is 2.50 bits per heavy atom. The first-order valence-corrected chi connectivity index (χ1v) is 7.67. The number of aliphatic hydroxyl groups is 1. The molecule has 20 heavy (non-hydrogen) atoms. The van der Waals surface area contributed by atoms with E-state index in [0.717, 1.165) is 25.7 Å². The molecule has 0 spiro atoms. The highest BCUT2D eigenvalue weighted by atomic mass is 16.3. The van der Waals surface area contributed by atoms with E-state index in [9.17, 15) is 9.90 Å². The molecule has 112 valence electrons. The number of amides is 1. The monoisotopic (exact) mass is 277 g/mol. The van der Waals surface area contributed by atoms with Crippen LogP contribution >= 0.6 is 0 Å². The number of rotatable bonds is 9. The smallest absolute Gasteiger partial charge is 0.220 e. The maximum Gasteiger partial charge on any atom is 0.220 e. The first kappa shape index (κ1) is 16.7. The predicted molar refractivity (Wildman–Crippen MR) is 82.6 cm³/mol. The Morgan fingerprint density at radius 1 is 1.20 bits per heavy atom. The van der Waals surface area contributed by atoms with Gasteiger partial charge in [-0.15, -0.1) is 0 Å². The molecule has 0 fully saturated rings. The minimum atomic E-state index is -0.236. The largest absolute Gasteiger partial charge is 0.393 e. The second kappa shape index (κ2) is 9.54. The lowest BCUT2D eigenvalue weighted by atomic mass is 9.93. The molecule has 2 atom stereocenters. The van der Waals surface area contributed by atoms with Gasteiger partial charge in [-0.1, -0.05) is 44.2 Å². The van der Waals surface area contributed by atoms with E-state index < -0.39 is 0 Å². The number of nitrogens with one attached hydrogen (secondary N) is 1. The fourth-order valence-electron chi connectivity index (χ4n) is 2.29. The average Bonchev–Trinajstić information content (AvgIpc) is 2.49. The maximum atomic E-state index is 11.9. The van der Waals surface area contributed by atoms with Crippen LogP contribution in [0.25, 0.3) is 0 Å². The van der Waals surface area contributed by atoms with Crippen LogP contribution in [0.2, 0.25) is 0 Å². The Morgan fingerprint density at radius 2 is 1.90 bits per heavy atom. The van der Waals surface area contributed by atoms with E-state index >= 15 is 0 Å². The van der Waals surface area contributed by atoms with Gasteiger partial charge in [-0.05, 0) is 37.2 Å². The zero-order valence-electron chi connectivity index (χ0n) is 12.6. The van der Waals surface area contributed by atoms with Gasteiger partial charge in [0.25, 0.3) is 0 Å². The van der Waals surface area contributed by atoms with Crippen LogP contribution in [0.4, 0.5) is 0 Å². The molecule has 1 aromatic rings. The number of carbonyl (C=O) groups excluding carboxylic acids is 1. The number of aliphatic hydroxyl groups excluding tert-OH is 1. The normalized spacial score (nSPS) is 13.8. The van der Waals surface area contributed by atoms with E-state index in [2.05, 4.69) is 24.4 Å². The Balaban J connectivity index is 2.30. The number of carbonyl (C=O) groups is 1. The zero-order valence-corrected chi connectivity index (χ0v) is 12.6. The molecule has 0 aliphatic heterocycles. The standard InChI is InChI=1S/C17H27NO2/c1-3-14(15-9-6-5-7-10-15)13-17(20)18-12-8-11-16(19)4-2/h5-7,9-10,14,16,19H,3-4,8,11-13H2,1-2H3,(H,18,20)/t14-,16-/m1/s1. The van der Waals surface area contributed by atoms with E-state index in [-0.39, 0.29) is 17.9 Å². The molecule has 0 radical (unpaired) electrons. The van der Waals surface area contributed by atoms with Crippen LogP contribution in [0.5, 0.6) is 0 Å². The summed E-state index contributed by atoms with van der Waals surface area (Å²) in [6.07, 6.45) is 3.64. The van der Waals surface area contributed by atoms with E-state index in [1.807, 2.05) is 25.1 Å². The Bertz CT molecular complexity index is 378. The fourth-order valence-corrected chi connectivity index (χ4v) is 2.29. The van der Waals surface area contributed by atoms with Crippen molar-refractivity contribution in [1.82, 2.24) is 5.32 Å². The van der Waals surface area contributed by atoms with E-state index in [1.165, 1.54) is 5.56 Å². The maximum absolute atomic E-state index is 11.9. The van der Waals surface area contributed by atoms with Crippen LogP contribution in [0.15, 0.2) is 30.3 Å². The molecular weight excluding hydrogens is 250 g/mol. The topological polar surface area (TPSA) is 49.3 Å². The summed E-state index contributed by atoms with van der Waals surface area (Å²) >= 11 is 0. The number of hydrogen-bond donors (Lipinski definition) is 2. The third kappa shape index (κ3) is 6.20. The summed E-state index contributed by atoms with van der Waals surface area (Å²) in [4.78, 5) is 11.9. The highest BCUT2D eigenvalue weighted by Crippen LogP contribution is 2.22. The fraction of sp³-hybridized carbons (Fsp3) is 0.588. The summed E-state index contributed by atoms with van der Waals surface area (Å²) in [7, 11) is 0. The van der Waals surface area contributed by atoms with Gasteiger partial charge >= 0.3 is 0 Å². The molecule has 0 bridgehead atoms. The van der Waals surface area contributed by atoms with Crippen molar-refractivity contribution in [1.29, 1.82) is 0 Å². The van der Waals surface area contributed by atoms with Crippen molar-refractivity contribution in [3.63, 3.8) is 0 Å². The molecule has 3 heteroatoms. The summed E-state index contributed by atoms with van der Waals surface area (Å²) in [5, 5.41) is 12.4. The van der Waals surface area contributed by atoms with Gasteiger partial charge in [0, 0.05) is 13.0 Å². The van der Waals surface area contributed by atoms with Crippen molar-refractivity contribution < 1.29 is 9.90 Å². The molecule has 0 aromatic heterocycles. The van der Waals surface area contributed by atoms with Crippen LogP contribution in [0.3, 0.4) is 0 Å². The zero-order chi connectivity index (χ0) is 14.8. The lowest BCUT2D eigenvalue weighted by Gasteiger charge is -2.15. The van der Waals surface area contributed by atoms with Crippen LogP contribution in [-0.4, -0.2) is 23.7 Å². The molecule has 0 saturated carbocycles. The van der Waals surface area contributed by atoms with Gasteiger partial charge in [0.2, 0.25) is 5.91 Å². The third-order valence-electron chi connectivity index (χ3n) is 3.70. The van der Waals surface area contributed by atoms with Crippen molar-refractivity contribution in [2.75, 3.05) is 6.54 Å². The van der Waals surface area contributed by atoms with Crippen molar-refractivity contribution in [3.05, 3.63) is 35.9 Å². The molecule has 0 aliphatic rings. The van der Waals surface area contributed by atoms with Gasteiger partial charge in [-0.2, -0.15) is 0 Å². The average molecular weight is 277 g/mol. The third-order valence-corrected chi connectivity index (χ3v) is 3.70. The van der Waals surface area contributed by atoms with Crippen molar-refractivity contribution in [2.45, 2.75) is 58.0 Å². The molecule has 0 unspecified atom stereocenters. The second-order valence-corrected chi connectivity index (χ2v) is 5.27. The van der Waals surface area contributed by atoms with Gasteiger partial charge in [-0.3, -0.25) is 4.79 Å². The van der Waals surface area contributed by atoms with Crippen molar-refractivity contribution in [2.24, 2.45) is 0 Å². The van der Waals surface area contributed by atoms with E-state index in [0.29, 0.717) is 13.0 Å². The minimum Gasteiger partial charge on any atom is -0.393 e. The van der Waals surface area contributed by atoms with Gasteiger partial charge in [0.05, 0.1) is 6.10 Å². The van der Waals surface area contributed by atoms with Crippen molar-refractivity contribution in [3.8, 4) is 0 Å². The summed E-state index contributed by atoms with van der Waals surface area (Å²) in [6.45, 7) is 4.73. The molecular formula is C17H27NO2. The first-order valence-electron chi connectivity index (χ1n) is 7.67. The Kier molecular flexibility index (Phi) is 7.97. The van der Waals surface area contributed by atoms with Crippen molar-refractivity contribution >= 4 is 5.91 Å². The lowest BCUT2D eigenvalue weighted by molar-refractivity contribution is -0.121. The highest BCUT2D eigenvalue weighted by Gasteiger charge is 2.13. The molecule has 2 N–H and O–H groups in total. The Hall–Kier alpha value is -1.35. The van der Waals surface area contributed by atoms with Crippen LogP contribution in [0, 0.1) is 0 Å². The predicted octanol–water partition coefficient (Wildman–Crippen LogP) is 3.24. The molecule has 1 rings (SSSR count).